The Bertz CT molecular complexity index is 685. The first kappa shape index (κ1) is 15.5. The third-order valence-corrected chi connectivity index (χ3v) is 2.77. The van der Waals surface area contributed by atoms with E-state index in [0.717, 1.165) is 0 Å². The summed E-state index contributed by atoms with van der Waals surface area (Å²) in [4.78, 5) is 27.2. The normalized spacial score (nSPS) is 9.91. The van der Waals surface area contributed by atoms with Crippen molar-refractivity contribution >= 4 is 11.9 Å². The Morgan fingerprint density at radius 1 is 1.18 bits per heavy atom. The first-order chi connectivity index (χ1) is 10.6. The van der Waals surface area contributed by atoms with Gasteiger partial charge in [-0.2, -0.15) is 0 Å². The van der Waals surface area contributed by atoms with Crippen LogP contribution in [0.5, 0.6) is 11.5 Å². The van der Waals surface area contributed by atoms with Gasteiger partial charge in [0.25, 0.3) is 5.91 Å². The highest BCUT2D eigenvalue weighted by atomic mass is 16.5. The number of carbonyl (C=O) groups excluding carboxylic acids is 2. The Morgan fingerprint density at radius 2 is 1.95 bits per heavy atom. The Morgan fingerprint density at radius 3 is 2.68 bits per heavy atom. The Hall–Kier alpha value is -2.89. The van der Waals surface area contributed by atoms with E-state index in [9.17, 15) is 9.59 Å². The van der Waals surface area contributed by atoms with Gasteiger partial charge in [0.1, 0.15) is 17.2 Å². The van der Waals surface area contributed by atoms with E-state index in [1.165, 1.54) is 19.3 Å². The van der Waals surface area contributed by atoms with Gasteiger partial charge in [0.05, 0.1) is 12.2 Å². The van der Waals surface area contributed by atoms with Crippen molar-refractivity contribution in [1.82, 2.24) is 10.3 Å². The summed E-state index contributed by atoms with van der Waals surface area (Å²) in [6.45, 7) is 2.05. The predicted octanol–water partition coefficient (Wildman–Crippen LogP) is 2.41. The SMILES string of the molecule is CCOC(=O)c1cccc(Oc2ccnc(C(=O)NC)c2)c1. The van der Waals surface area contributed by atoms with Gasteiger partial charge < -0.3 is 14.8 Å². The number of pyridine rings is 1. The molecule has 1 N–H and O–H groups in total. The molecule has 1 aromatic heterocycles. The van der Waals surface area contributed by atoms with E-state index >= 15 is 0 Å². The van der Waals surface area contributed by atoms with Crippen LogP contribution in [0.15, 0.2) is 42.6 Å². The molecule has 0 aliphatic rings. The summed E-state index contributed by atoms with van der Waals surface area (Å²) in [5, 5.41) is 2.49. The van der Waals surface area contributed by atoms with Gasteiger partial charge in [0, 0.05) is 19.3 Å². The van der Waals surface area contributed by atoms with Crippen LogP contribution in [-0.4, -0.2) is 30.5 Å². The number of amides is 1. The summed E-state index contributed by atoms with van der Waals surface area (Å²) in [6, 6.07) is 9.79. The summed E-state index contributed by atoms with van der Waals surface area (Å²) in [7, 11) is 1.53. The van der Waals surface area contributed by atoms with Gasteiger partial charge in [-0.1, -0.05) is 6.07 Å². The minimum absolute atomic E-state index is 0.251. The lowest BCUT2D eigenvalue weighted by atomic mass is 10.2. The molecule has 2 aromatic rings. The van der Waals surface area contributed by atoms with Gasteiger partial charge in [0.15, 0.2) is 0 Å². The zero-order valence-electron chi connectivity index (χ0n) is 12.3. The number of hydrogen-bond acceptors (Lipinski definition) is 5. The lowest BCUT2D eigenvalue weighted by molar-refractivity contribution is 0.0526. The number of ether oxygens (including phenoxy) is 2. The quantitative estimate of drug-likeness (QED) is 0.858. The van der Waals surface area contributed by atoms with Crippen molar-refractivity contribution in [3.63, 3.8) is 0 Å². The highest BCUT2D eigenvalue weighted by Crippen LogP contribution is 2.22. The van der Waals surface area contributed by atoms with Gasteiger partial charge in [-0.3, -0.25) is 9.78 Å². The molecular formula is C16H16N2O4. The van der Waals surface area contributed by atoms with Crippen LogP contribution in [0.25, 0.3) is 0 Å². The van der Waals surface area contributed by atoms with E-state index < -0.39 is 5.97 Å². The summed E-state index contributed by atoms with van der Waals surface area (Å²) in [6.07, 6.45) is 1.48. The maximum Gasteiger partial charge on any atom is 0.338 e. The topological polar surface area (TPSA) is 77.5 Å². The van der Waals surface area contributed by atoms with Crippen molar-refractivity contribution in [2.45, 2.75) is 6.92 Å². The van der Waals surface area contributed by atoms with E-state index in [1.54, 1.807) is 37.3 Å². The fourth-order valence-corrected chi connectivity index (χ4v) is 1.76. The molecule has 0 unspecified atom stereocenters. The van der Waals surface area contributed by atoms with Gasteiger partial charge in [-0.05, 0) is 31.2 Å². The molecule has 0 bridgehead atoms. The van der Waals surface area contributed by atoms with Crippen molar-refractivity contribution in [1.29, 1.82) is 0 Å². The molecule has 1 amide bonds. The Kier molecular flexibility index (Phi) is 5.08. The van der Waals surface area contributed by atoms with Gasteiger partial charge in [0.2, 0.25) is 0 Å². The summed E-state index contributed by atoms with van der Waals surface area (Å²) in [5.74, 6) is 0.216. The second kappa shape index (κ2) is 7.21. The minimum Gasteiger partial charge on any atom is -0.462 e. The number of esters is 1. The van der Waals surface area contributed by atoms with E-state index in [4.69, 9.17) is 9.47 Å². The fourth-order valence-electron chi connectivity index (χ4n) is 1.76. The van der Waals surface area contributed by atoms with Gasteiger partial charge in [-0.15, -0.1) is 0 Å². The third kappa shape index (κ3) is 3.82. The van der Waals surface area contributed by atoms with Crippen LogP contribution in [0.2, 0.25) is 0 Å². The van der Waals surface area contributed by atoms with Crippen LogP contribution in [-0.2, 0) is 4.74 Å². The molecule has 0 aliphatic carbocycles. The molecule has 1 aromatic carbocycles. The smallest absolute Gasteiger partial charge is 0.338 e. The molecule has 2 rings (SSSR count). The largest absolute Gasteiger partial charge is 0.462 e. The van der Waals surface area contributed by atoms with E-state index in [2.05, 4.69) is 10.3 Å². The number of nitrogens with zero attached hydrogens (tertiary/aromatic N) is 1. The zero-order valence-corrected chi connectivity index (χ0v) is 12.3. The second-order valence-electron chi connectivity index (χ2n) is 4.31. The molecular weight excluding hydrogens is 284 g/mol. The first-order valence-corrected chi connectivity index (χ1v) is 6.77. The van der Waals surface area contributed by atoms with Crippen LogP contribution >= 0.6 is 0 Å². The molecule has 0 radical (unpaired) electrons. The van der Waals surface area contributed by atoms with Gasteiger partial charge in [-0.25, -0.2) is 4.79 Å². The van der Waals surface area contributed by atoms with E-state index in [1.807, 2.05) is 0 Å². The van der Waals surface area contributed by atoms with Crippen molar-refractivity contribution in [3.05, 3.63) is 53.9 Å². The number of aromatic nitrogens is 1. The predicted molar refractivity (Wildman–Crippen MR) is 80.1 cm³/mol. The third-order valence-electron chi connectivity index (χ3n) is 2.77. The minimum atomic E-state index is -0.409. The van der Waals surface area contributed by atoms with Gasteiger partial charge >= 0.3 is 5.97 Å². The zero-order chi connectivity index (χ0) is 15.9. The fraction of sp³-hybridized carbons (Fsp3) is 0.188. The number of nitrogens with one attached hydrogen (secondary N) is 1. The van der Waals surface area contributed by atoms with Crippen LogP contribution in [0.3, 0.4) is 0 Å². The van der Waals surface area contributed by atoms with Crippen LogP contribution < -0.4 is 10.1 Å². The van der Waals surface area contributed by atoms with Crippen molar-refractivity contribution in [2.24, 2.45) is 0 Å². The standard InChI is InChI=1S/C16H16N2O4/c1-3-21-16(20)11-5-4-6-12(9-11)22-13-7-8-18-14(10-13)15(19)17-2/h4-10H,3H2,1-2H3,(H,17,19). The van der Waals surface area contributed by atoms with Crippen molar-refractivity contribution < 1.29 is 19.1 Å². The average Bonchev–Trinajstić information content (AvgIpc) is 2.55. The number of carbonyl (C=O) groups is 2. The molecule has 0 saturated carbocycles. The molecule has 22 heavy (non-hydrogen) atoms. The monoisotopic (exact) mass is 300 g/mol. The van der Waals surface area contributed by atoms with Crippen molar-refractivity contribution in [2.75, 3.05) is 13.7 Å². The number of benzene rings is 1. The van der Waals surface area contributed by atoms with Crippen LogP contribution in [0.4, 0.5) is 0 Å². The summed E-state index contributed by atoms with van der Waals surface area (Å²) < 4.78 is 10.6. The average molecular weight is 300 g/mol. The van der Waals surface area contributed by atoms with Crippen LogP contribution in [0.1, 0.15) is 27.8 Å². The maximum atomic E-state index is 11.7. The molecule has 6 nitrogen and oxygen atoms in total. The Balaban J connectivity index is 2.19. The molecule has 1 heterocycles. The highest BCUT2D eigenvalue weighted by Gasteiger charge is 2.09. The molecule has 0 atom stereocenters. The highest BCUT2D eigenvalue weighted by molar-refractivity contribution is 5.92. The maximum absolute atomic E-state index is 11.7. The van der Waals surface area contributed by atoms with E-state index in [0.29, 0.717) is 23.7 Å². The second-order valence-corrected chi connectivity index (χ2v) is 4.31. The molecule has 114 valence electrons. The van der Waals surface area contributed by atoms with Crippen LogP contribution in [0, 0.1) is 0 Å². The summed E-state index contributed by atoms with van der Waals surface area (Å²) >= 11 is 0. The number of hydrogen-bond donors (Lipinski definition) is 1. The molecule has 0 aliphatic heterocycles. The van der Waals surface area contributed by atoms with E-state index in [-0.39, 0.29) is 11.6 Å². The molecule has 6 heteroatoms. The summed E-state index contributed by atoms with van der Waals surface area (Å²) in [5.41, 5.74) is 0.654. The lowest BCUT2D eigenvalue weighted by Crippen LogP contribution is -2.18. The Labute approximate surface area is 128 Å². The molecule has 0 saturated heterocycles. The lowest BCUT2D eigenvalue weighted by Gasteiger charge is -2.08. The number of rotatable bonds is 5. The first-order valence-electron chi connectivity index (χ1n) is 6.77. The molecule has 0 spiro atoms. The van der Waals surface area contributed by atoms with Crippen molar-refractivity contribution in [3.8, 4) is 11.5 Å². The molecule has 0 fully saturated rings.